The Labute approximate surface area is 107 Å². The predicted octanol–water partition coefficient (Wildman–Crippen LogP) is 0.992. The third-order valence-corrected chi connectivity index (χ3v) is 3.26. The standard InChI is InChI=1S/C13H20N4O/c1-2-4-12-11(7-15-9-16-12)13(18)17-6-3-5-10(14)8-17/h7,9-10H,2-6,8,14H2,1H3/t10-/m0/s1. The predicted molar refractivity (Wildman–Crippen MR) is 69.1 cm³/mol. The average Bonchev–Trinajstić information content (AvgIpc) is 2.39. The number of rotatable bonds is 3. The van der Waals surface area contributed by atoms with Crippen LogP contribution in [-0.2, 0) is 6.42 Å². The number of nitrogens with zero attached hydrogens (tertiary/aromatic N) is 3. The Morgan fingerprint density at radius 2 is 2.44 bits per heavy atom. The average molecular weight is 248 g/mol. The van der Waals surface area contributed by atoms with Gasteiger partial charge in [-0.3, -0.25) is 4.79 Å². The summed E-state index contributed by atoms with van der Waals surface area (Å²) in [6, 6.07) is 0.0990. The van der Waals surface area contributed by atoms with Crippen LogP contribution in [0, 0.1) is 0 Å². The molecule has 18 heavy (non-hydrogen) atoms. The molecule has 1 aliphatic heterocycles. The number of hydrogen-bond acceptors (Lipinski definition) is 4. The number of carbonyl (C=O) groups excluding carboxylic acids is 1. The molecule has 1 amide bonds. The molecule has 98 valence electrons. The van der Waals surface area contributed by atoms with Crippen LogP contribution >= 0.6 is 0 Å². The Balaban J connectivity index is 2.17. The second kappa shape index (κ2) is 5.91. The molecule has 1 aliphatic rings. The van der Waals surface area contributed by atoms with Crippen LogP contribution in [0.25, 0.3) is 0 Å². The molecule has 2 heterocycles. The zero-order chi connectivity index (χ0) is 13.0. The van der Waals surface area contributed by atoms with Crippen LogP contribution in [-0.4, -0.2) is 39.9 Å². The van der Waals surface area contributed by atoms with Crippen LogP contribution in [0.4, 0.5) is 0 Å². The molecule has 0 aliphatic carbocycles. The van der Waals surface area contributed by atoms with E-state index in [1.807, 2.05) is 4.90 Å². The van der Waals surface area contributed by atoms with Crippen molar-refractivity contribution in [2.75, 3.05) is 13.1 Å². The highest BCUT2D eigenvalue weighted by atomic mass is 16.2. The summed E-state index contributed by atoms with van der Waals surface area (Å²) >= 11 is 0. The summed E-state index contributed by atoms with van der Waals surface area (Å²) in [6.45, 7) is 3.50. The smallest absolute Gasteiger partial charge is 0.257 e. The van der Waals surface area contributed by atoms with Crippen LogP contribution in [0.15, 0.2) is 12.5 Å². The van der Waals surface area contributed by atoms with Gasteiger partial charge in [-0.25, -0.2) is 9.97 Å². The number of amides is 1. The molecule has 1 aromatic heterocycles. The minimum atomic E-state index is 0.0224. The van der Waals surface area contributed by atoms with Crippen molar-refractivity contribution in [3.05, 3.63) is 23.8 Å². The molecule has 0 radical (unpaired) electrons. The third-order valence-electron chi connectivity index (χ3n) is 3.26. The normalized spacial score (nSPS) is 19.9. The summed E-state index contributed by atoms with van der Waals surface area (Å²) in [5.41, 5.74) is 7.39. The first-order chi connectivity index (χ1) is 8.72. The van der Waals surface area contributed by atoms with Gasteiger partial charge in [-0.05, 0) is 19.3 Å². The molecular weight excluding hydrogens is 228 g/mol. The van der Waals surface area contributed by atoms with E-state index in [0.29, 0.717) is 12.1 Å². The van der Waals surface area contributed by atoms with E-state index in [2.05, 4.69) is 16.9 Å². The van der Waals surface area contributed by atoms with Gasteiger partial charge in [0.05, 0.1) is 11.3 Å². The zero-order valence-electron chi connectivity index (χ0n) is 10.8. The Hall–Kier alpha value is -1.49. The van der Waals surface area contributed by atoms with Gasteiger partial charge in [0.15, 0.2) is 0 Å². The van der Waals surface area contributed by atoms with Gasteiger partial charge in [-0.15, -0.1) is 0 Å². The summed E-state index contributed by atoms with van der Waals surface area (Å²) in [4.78, 5) is 22.4. The molecule has 0 unspecified atom stereocenters. The van der Waals surface area contributed by atoms with Gasteiger partial charge in [0.2, 0.25) is 0 Å². The first-order valence-electron chi connectivity index (χ1n) is 6.56. The number of aryl methyl sites for hydroxylation is 1. The van der Waals surface area contributed by atoms with Crippen molar-refractivity contribution >= 4 is 5.91 Å². The van der Waals surface area contributed by atoms with Crippen molar-refractivity contribution in [1.82, 2.24) is 14.9 Å². The molecule has 5 heteroatoms. The number of piperidine rings is 1. The molecule has 2 N–H and O–H groups in total. The Bertz CT molecular complexity index is 421. The first-order valence-corrected chi connectivity index (χ1v) is 6.56. The van der Waals surface area contributed by atoms with Gasteiger partial charge in [0, 0.05) is 25.3 Å². The lowest BCUT2D eigenvalue weighted by molar-refractivity contribution is 0.0706. The van der Waals surface area contributed by atoms with Crippen molar-refractivity contribution in [3.8, 4) is 0 Å². The number of hydrogen-bond donors (Lipinski definition) is 1. The molecule has 0 spiro atoms. The van der Waals surface area contributed by atoms with E-state index in [9.17, 15) is 4.79 Å². The minimum absolute atomic E-state index is 0.0224. The molecular formula is C13H20N4O. The summed E-state index contributed by atoms with van der Waals surface area (Å²) in [7, 11) is 0. The maximum atomic E-state index is 12.4. The van der Waals surface area contributed by atoms with Crippen molar-refractivity contribution in [2.45, 2.75) is 38.6 Å². The van der Waals surface area contributed by atoms with Crippen molar-refractivity contribution in [1.29, 1.82) is 0 Å². The summed E-state index contributed by atoms with van der Waals surface area (Å²) < 4.78 is 0. The second-order valence-corrected chi connectivity index (χ2v) is 4.79. The van der Waals surface area contributed by atoms with Crippen LogP contribution in [0.2, 0.25) is 0 Å². The van der Waals surface area contributed by atoms with E-state index < -0.39 is 0 Å². The lowest BCUT2D eigenvalue weighted by Crippen LogP contribution is -2.46. The number of nitrogens with two attached hydrogens (primary N) is 1. The monoisotopic (exact) mass is 248 g/mol. The highest BCUT2D eigenvalue weighted by molar-refractivity contribution is 5.95. The fraction of sp³-hybridized carbons (Fsp3) is 0.615. The number of carbonyl (C=O) groups is 1. The van der Waals surface area contributed by atoms with Gasteiger partial charge in [-0.2, -0.15) is 0 Å². The number of likely N-dealkylation sites (tertiary alicyclic amines) is 1. The molecule has 1 fully saturated rings. The lowest BCUT2D eigenvalue weighted by atomic mass is 10.0. The van der Waals surface area contributed by atoms with E-state index in [-0.39, 0.29) is 11.9 Å². The summed E-state index contributed by atoms with van der Waals surface area (Å²) in [5.74, 6) is 0.0224. The van der Waals surface area contributed by atoms with Gasteiger partial charge in [-0.1, -0.05) is 13.3 Å². The largest absolute Gasteiger partial charge is 0.337 e. The van der Waals surface area contributed by atoms with E-state index >= 15 is 0 Å². The van der Waals surface area contributed by atoms with Crippen LogP contribution < -0.4 is 5.73 Å². The molecule has 1 aromatic rings. The summed E-state index contributed by atoms with van der Waals surface area (Å²) in [5, 5.41) is 0. The summed E-state index contributed by atoms with van der Waals surface area (Å²) in [6.07, 6.45) is 6.88. The lowest BCUT2D eigenvalue weighted by Gasteiger charge is -2.31. The van der Waals surface area contributed by atoms with E-state index in [1.54, 1.807) is 6.20 Å². The highest BCUT2D eigenvalue weighted by Crippen LogP contribution is 2.15. The van der Waals surface area contributed by atoms with E-state index in [0.717, 1.165) is 37.9 Å². The van der Waals surface area contributed by atoms with Crippen LogP contribution in [0.1, 0.15) is 42.2 Å². The molecule has 2 rings (SSSR count). The van der Waals surface area contributed by atoms with Gasteiger partial charge >= 0.3 is 0 Å². The fourth-order valence-electron chi connectivity index (χ4n) is 2.33. The Morgan fingerprint density at radius 1 is 1.61 bits per heavy atom. The molecule has 0 saturated carbocycles. The molecule has 1 atom stereocenters. The van der Waals surface area contributed by atoms with Gasteiger partial charge in [0.25, 0.3) is 5.91 Å². The van der Waals surface area contributed by atoms with Crippen LogP contribution in [0.3, 0.4) is 0 Å². The maximum absolute atomic E-state index is 12.4. The van der Waals surface area contributed by atoms with Crippen molar-refractivity contribution < 1.29 is 4.79 Å². The Kier molecular flexibility index (Phi) is 4.25. The topological polar surface area (TPSA) is 72.1 Å². The first kappa shape index (κ1) is 13.0. The number of aromatic nitrogens is 2. The van der Waals surface area contributed by atoms with Crippen molar-refractivity contribution in [2.24, 2.45) is 5.73 Å². The highest BCUT2D eigenvalue weighted by Gasteiger charge is 2.24. The fourth-order valence-corrected chi connectivity index (χ4v) is 2.33. The molecule has 0 bridgehead atoms. The second-order valence-electron chi connectivity index (χ2n) is 4.79. The SMILES string of the molecule is CCCc1ncncc1C(=O)N1CCC[C@H](N)C1. The maximum Gasteiger partial charge on any atom is 0.257 e. The molecule has 0 aromatic carbocycles. The van der Waals surface area contributed by atoms with Crippen molar-refractivity contribution in [3.63, 3.8) is 0 Å². The van der Waals surface area contributed by atoms with E-state index in [4.69, 9.17) is 5.73 Å². The van der Waals surface area contributed by atoms with E-state index in [1.165, 1.54) is 6.33 Å². The molecule has 5 nitrogen and oxygen atoms in total. The minimum Gasteiger partial charge on any atom is -0.337 e. The van der Waals surface area contributed by atoms with Gasteiger partial charge < -0.3 is 10.6 Å². The Morgan fingerprint density at radius 3 is 3.17 bits per heavy atom. The van der Waals surface area contributed by atoms with Gasteiger partial charge in [0.1, 0.15) is 6.33 Å². The quantitative estimate of drug-likeness (QED) is 0.866. The van der Waals surface area contributed by atoms with Crippen LogP contribution in [0.5, 0.6) is 0 Å². The molecule has 1 saturated heterocycles. The third kappa shape index (κ3) is 2.85. The zero-order valence-corrected chi connectivity index (χ0v) is 10.8.